The van der Waals surface area contributed by atoms with E-state index in [0.29, 0.717) is 11.8 Å². The number of hydrogen-bond donors (Lipinski definition) is 1. The Kier molecular flexibility index (Phi) is 6.30. The molecule has 1 saturated heterocycles. The quantitative estimate of drug-likeness (QED) is 0.806. The Balaban J connectivity index is 1.63. The number of nitrogens with zero attached hydrogens (tertiary/aromatic N) is 2. The predicted molar refractivity (Wildman–Crippen MR) is 82.4 cm³/mol. The molecule has 2 rings (SSSR count). The smallest absolute Gasteiger partial charge is 0.222 e. The number of carbonyl (C=O) groups is 1. The average Bonchev–Trinajstić information content (AvgIpc) is 2.98. The number of nitrogens with two attached hydrogens (primary N) is 1. The summed E-state index contributed by atoms with van der Waals surface area (Å²) in [6.45, 7) is 7.85. The van der Waals surface area contributed by atoms with Crippen LogP contribution in [0.5, 0.6) is 0 Å². The molecule has 2 aliphatic rings. The minimum atomic E-state index is 0.378. The van der Waals surface area contributed by atoms with E-state index in [2.05, 4.69) is 16.7 Å². The van der Waals surface area contributed by atoms with Gasteiger partial charge in [0.2, 0.25) is 5.91 Å². The van der Waals surface area contributed by atoms with Crippen molar-refractivity contribution in [2.45, 2.75) is 45.4 Å². The van der Waals surface area contributed by atoms with Gasteiger partial charge in [-0.1, -0.05) is 32.6 Å². The molecule has 0 bridgehead atoms. The zero-order valence-corrected chi connectivity index (χ0v) is 13.0. The third-order valence-electron chi connectivity index (χ3n) is 4.94. The molecule has 1 aliphatic carbocycles. The van der Waals surface area contributed by atoms with E-state index in [-0.39, 0.29) is 0 Å². The molecule has 4 nitrogen and oxygen atoms in total. The largest absolute Gasteiger partial charge is 0.340 e. The van der Waals surface area contributed by atoms with Crippen molar-refractivity contribution < 1.29 is 4.79 Å². The van der Waals surface area contributed by atoms with Crippen molar-refractivity contribution in [2.75, 3.05) is 39.3 Å². The summed E-state index contributed by atoms with van der Waals surface area (Å²) < 4.78 is 0. The number of piperazine rings is 1. The van der Waals surface area contributed by atoms with Crippen molar-refractivity contribution in [3.63, 3.8) is 0 Å². The molecule has 1 amide bonds. The van der Waals surface area contributed by atoms with Crippen molar-refractivity contribution >= 4 is 5.91 Å². The van der Waals surface area contributed by atoms with E-state index in [9.17, 15) is 4.79 Å². The Morgan fingerprint density at radius 1 is 1.20 bits per heavy atom. The van der Waals surface area contributed by atoms with Gasteiger partial charge in [-0.15, -0.1) is 0 Å². The molecule has 20 heavy (non-hydrogen) atoms. The second-order valence-corrected chi connectivity index (χ2v) is 6.71. The summed E-state index contributed by atoms with van der Waals surface area (Å²) in [4.78, 5) is 16.7. The first-order valence-electron chi connectivity index (χ1n) is 8.39. The van der Waals surface area contributed by atoms with E-state index in [1.54, 1.807) is 0 Å². The van der Waals surface area contributed by atoms with Crippen molar-refractivity contribution in [1.29, 1.82) is 0 Å². The van der Waals surface area contributed by atoms with Crippen LogP contribution in [0.2, 0.25) is 0 Å². The lowest BCUT2D eigenvalue weighted by molar-refractivity contribution is -0.133. The first kappa shape index (κ1) is 15.8. The highest BCUT2D eigenvalue weighted by Crippen LogP contribution is 2.28. The molecule has 116 valence electrons. The summed E-state index contributed by atoms with van der Waals surface area (Å²) in [5, 5.41) is 0. The van der Waals surface area contributed by atoms with Gasteiger partial charge < -0.3 is 10.6 Å². The molecular formula is C16H31N3O. The highest BCUT2D eigenvalue weighted by atomic mass is 16.2. The van der Waals surface area contributed by atoms with E-state index in [0.717, 1.165) is 58.0 Å². The molecule has 0 radical (unpaired) electrons. The van der Waals surface area contributed by atoms with Gasteiger partial charge in [0.25, 0.3) is 0 Å². The summed E-state index contributed by atoms with van der Waals surface area (Å²) in [7, 11) is 0. The van der Waals surface area contributed by atoms with Crippen molar-refractivity contribution in [3.8, 4) is 0 Å². The van der Waals surface area contributed by atoms with Crippen LogP contribution >= 0.6 is 0 Å². The molecular weight excluding hydrogens is 250 g/mol. The van der Waals surface area contributed by atoms with E-state index in [1.807, 2.05) is 0 Å². The molecule has 0 aromatic heterocycles. The second kappa shape index (κ2) is 7.99. The van der Waals surface area contributed by atoms with Crippen molar-refractivity contribution in [1.82, 2.24) is 9.80 Å². The molecule has 0 aromatic rings. The van der Waals surface area contributed by atoms with Gasteiger partial charge >= 0.3 is 0 Å². The minimum absolute atomic E-state index is 0.378. The summed E-state index contributed by atoms with van der Waals surface area (Å²) in [5.74, 6) is 1.76. The van der Waals surface area contributed by atoms with Crippen LogP contribution in [0.4, 0.5) is 0 Å². The van der Waals surface area contributed by atoms with Crippen LogP contribution in [-0.4, -0.2) is 55.0 Å². The van der Waals surface area contributed by atoms with Gasteiger partial charge in [0.15, 0.2) is 0 Å². The maximum Gasteiger partial charge on any atom is 0.222 e. The molecule has 0 spiro atoms. The number of carbonyl (C=O) groups excluding carboxylic acids is 1. The summed E-state index contributed by atoms with van der Waals surface area (Å²) in [5.41, 5.74) is 5.67. The van der Waals surface area contributed by atoms with Crippen LogP contribution in [0.1, 0.15) is 45.4 Å². The van der Waals surface area contributed by atoms with Crippen LogP contribution < -0.4 is 5.73 Å². The fourth-order valence-corrected chi connectivity index (χ4v) is 3.48. The van der Waals surface area contributed by atoms with Gasteiger partial charge in [-0.05, 0) is 24.8 Å². The third kappa shape index (κ3) is 4.74. The Morgan fingerprint density at radius 2 is 1.85 bits per heavy atom. The lowest BCUT2D eigenvalue weighted by Gasteiger charge is -2.36. The summed E-state index contributed by atoms with van der Waals surface area (Å²) in [6.07, 6.45) is 7.32. The average molecular weight is 281 g/mol. The Hall–Kier alpha value is -0.610. The lowest BCUT2D eigenvalue weighted by Crippen LogP contribution is -2.50. The number of rotatable bonds is 6. The van der Waals surface area contributed by atoms with Gasteiger partial charge in [-0.25, -0.2) is 0 Å². The molecule has 0 aromatic carbocycles. The monoisotopic (exact) mass is 281 g/mol. The zero-order chi connectivity index (χ0) is 14.4. The van der Waals surface area contributed by atoms with Crippen LogP contribution in [0.15, 0.2) is 0 Å². The number of amides is 1. The van der Waals surface area contributed by atoms with Crippen LogP contribution in [0.25, 0.3) is 0 Å². The summed E-state index contributed by atoms with van der Waals surface area (Å²) in [6, 6.07) is 0. The molecule has 1 atom stereocenters. The highest BCUT2D eigenvalue weighted by molar-refractivity contribution is 5.76. The third-order valence-corrected chi connectivity index (χ3v) is 4.94. The van der Waals surface area contributed by atoms with Gasteiger partial charge in [0.1, 0.15) is 0 Å². The highest BCUT2D eigenvalue weighted by Gasteiger charge is 2.23. The molecule has 1 unspecified atom stereocenters. The minimum Gasteiger partial charge on any atom is -0.340 e. The normalized spacial score (nSPS) is 23.2. The maximum absolute atomic E-state index is 12.2. The van der Waals surface area contributed by atoms with Gasteiger partial charge in [-0.2, -0.15) is 0 Å². The maximum atomic E-state index is 12.2. The number of hydrogen-bond acceptors (Lipinski definition) is 3. The lowest BCUT2D eigenvalue weighted by atomic mass is 10.0. The topological polar surface area (TPSA) is 49.6 Å². The Bertz CT molecular complexity index is 294. The summed E-state index contributed by atoms with van der Waals surface area (Å²) >= 11 is 0. The predicted octanol–water partition coefficient (Wildman–Crippen LogP) is 1.70. The SMILES string of the molecule is CC(CN)CN1CCN(C(=O)CCC2CCCC2)CC1. The van der Waals surface area contributed by atoms with E-state index in [4.69, 9.17) is 5.73 Å². The molecule has 4 heteroatoms. The standard InChI is InChI=1S/C16H31N3O/c1-14(12-17)13-18-8-10-19(11-9-18)16(20)7-6-15-4-2-3-5-15/h14-15H,2-13,17H2,1H3. The Labute approximate surface area is 123 Å². The van der Waals surface area contributed by atoms with Gasteiger partial charge in [0.05, 0.1) is 0 Å². The van der Waals surface area contributed by atoms with E-state index < -0.39 is 0 Å². The molecule has 2 fully saturated rings. The first-order valence-corrected chi connectivity index (χ1v) is 8.39. The molecule has 1 saturated carbocycles. The molecule has 1 aliphatic heterocycles. The fraction of sp³-hybridized carbons (Fsp3) is 0.938. The van der Waals surface area contributed by atoms with Crippen LogP contribution in [0.3, 0.4) is 0 Å². The van der Waals surface area contributed by atoms with Gasteiger partial charge in [-0.3, -0.25) is 9.69 Å². The van der Waals surface area contributed by atoms with Crippen molar-refractivity contribution in [2.24, 2.45) is 17.6 Å². The van der Waals surface area contributed by atoms with Crippen LogP contribution in [0, 0.1) is 11.8 Å². The Morgan fingerprint density at radius 3 is 2.45 bits per heavy atom. The van der Waals surface area contributed by atoms with Crippen LogP contribution in [-0.2, 0) is 4.79 Å². The molecule has 2 N–H and O–H groups in total. The zero-order valence-electron chi connectivity index (χ0n) is 13.0. The van der Waals surface area contributed by atoms with E-state index in [1.165, 1.54) is 25.7 Å². The van der Waals surface area contributed by atoms with Gasteiger partial charge in [0, 0.05) is 39.1 Å². The molecule has 1 heterocycles. The van der Waals surface area contributed by atoms with E-state index >= 15 is 0 Å². The fourth-order valence-electron chi connectivity index (χ4n) is 3.48. The second-order valence-electron chi connectivity index (χ2n) is 6.71. The first-order chi connectivity index (χ1) is 9.69. The van der Waals surface area contributed by atoms with Crippen molar-refractivity contribution in [3.05, 3.63) is 0 Å².